The van der Waals surface area contributed by atoms with Crippen molar-refractivity contribution in [1.82, 2.24) is 0 Å². The van der Waals surface area contributed by atoms with Crippen LogP contribution in [0.2, 0.25) is 0 Å². The molecular formula is C79H154O17P2. The SMILES string of the molecule is CCCCCCCCCCCCCCCCCC(=O)OC[C@H](COP(=O)(O)OC[C@@H](O)COP(=O)(O)OC[C@@H](COC(=O)CCCCCCCCC(C)C)OC(=O)CCCCCCCCCCCCCCC)OC(=O)CCCCCCCCCCCCCCCCCCCCC(C)C. The number of hydrogen-bond donors (Lipinski definition) is 3. The third-order valence-electron chi connectivity index (χ3n) is 18.5. The van der Waals surface area contributed by atoms with E-state index in [1.54, 1.807) is 0 Å². The highest BCUT2D eigenvalue weighted by Crippen LogP contribution is 2.45. The number of hydrogen-bond acceptors (Lipinski definition) is 15. The lowest BCUT2D eigenvalue weighted by molar-refractivity contribution is -0.161. The molecule has 0 saturated heterocycles. The van der Waals surface area contributed by atoms with Crippen LogP contribution < -0.4 is 0 Å². The second kappa shape index (κ2) is 70.7. The molecule has 0 saturated carbocycles. The first kappa shape index (κ1) is 96.1. The number of rotatable bonds is 78. The third-order valence-corrected chi connectivity index (χ3v) is 20.4. The molecule has 19 heteroatoms. The van der Waals surface area contributed by atoms with Crippen LogP contribution >= 0.6 is 15.6 Å². The summed E-state index contributed by atoms with van der Waals surface area (Å²) in [7, 11) is -9.91. The number of phosphoric acid groups is 2. The molecule has 98 heavy (non-hydrogen) atoms. The first-order chi connectivity index (χ1) is 47.4. The van der Waals surface area contributed by atoms with Crippen molar-refractivity contribution in [2.45, 2.75) is 432 Å². The Morgan fingerprint density at radius 2 is 0.469 bits per heavy atom. The van der Waals surface area contributed by atoms with Crippen molar-refractivity contribution in [3.63, 3.8) is 0 Å². The van der Waals surface area contributed by atoms with Gasteiger partial charge in [-0.3, -0.25) is 37.3 Å². The van der Waals surface area contributed by atoms with Crippen molar-refractivity contribution < 1.29 is 80.2 Å². The summed E-state index contributed by atoms with van der Waals surface area (Å²) < 4.78 is 68.6. The quantitative estimate of drug-likeness (QED) is 0.0222. The van der Waals surface area contributed by atoms with Crippen LogP contribution in [0.25, 0.3) is 0 Å². The van der Waals surface area contributed by atoms with E-state index in [1.165, 1.54) is 225 Å². The fourth-order valence-corrected chi connectivity index (χ4v) is 13.8. The molecule has 582 valence electrons. The first-order valence-corrected chi connectivity index (χ1v) is 44.0. The maximum absolute atomic E-state index is 13.1. The Morgan fingerprint density at radius 1 is 0.276 bits per heavy atom. The van der Waals surface area contributed by atoms with Crippen molar-refractivity contribution in [3.8, 4) is 0 Å². The maximum atomic E-state index is 13.1. The Morgan fingerprint density at radius 3 is 0.694 bits per heavy atom. The number of aliphatic hydroxyl groups excluding tert-OH is 1. The Hall–Kier alpha value is -1.94. The average Bonchev–Trinajstić information content (AvgIpc) is 0.948. The lowest BCUT2D eigenvalue weighted by Gasteiger charge is -2.21. The number of esters is 4. The highest BCUT2D eigenvalue weighted by molar-refractivity contribution is 7.47. The molecule has 3 N–H and O–H groups in total. The number of unbranched alkanes of at least 4 members (excludes halogenated alkanes) is 48. The molecule has 0 heterocycles. The van der Waals surface area contributed by atoms with Crippen molar-refractivity contribution in [3.05, 3.63) is 0 Å². The van der Waals surface area contributed by atoms with E-state index in [-0.39, 0.29) is 25.7 Å². The molecular weight excluding hydrogens is 1280 g/mol. The van der Waals surface area contributed by atoms with Crippen LogP contribution in [0.4, 0.5) is 0 Å². The molecule has 0 aliphatic rings. The van der Waals surface area contributed by atoms with Gasteiger partial charge < -0.3 is 33.8 Å². The number of aliphatic hydroxyl groups is 1. The zero-order valence-electron chi connectivity index (χ0n) is 64.1. The van der Waals surface area contributed by atoms with Gasteiger partial charge in [-0.25, -0.2) is 9.13 Å². The van der Waals surface area contributed by atoms with Gasteiger partial charge in [-0.05, 0) is 37.5 Å². The van der Waals surface area contributed by atoms with E-state index in [0.29, 0.717) is 31.6 Å². The van der Waals surface area contributed by atoms with E-state index < -0.39 is 97.5 Å². The minimum absolute atomic E-state index is 0.107. The van der Waals surface area contributed by atoms with Crippen LogP contribution in [0.15, 0.2) is 0 Å². The summed E-state index contributed by atoms with van der Waals surface area (Å²) in [6.45, 7) is 9.58. The molecule has 0 fully saturated rings. The summed E-state index contributed by atoms with van der Waals surface area (Å²) in [5.74, 6) is -0.612. The van der Waals surface area contributed by atoms with Crippen LogP contribution in [0.5, 0.6) is 0 Å². The topological polar surface area (TPSA) is 237 Å². The summed E-state index contributed by atoms with van der Waals surface area (Å²) in [5, 5.41) is 10.6. The van der Waals surface area contributed by atoms with Gasteiger partial charge in [-0.2, -0.15) is 0 Å². The smallest absolute Gasteiger partial charge is 0.462 e. The van der Waals surface area contributed by atoms with E-state index in [9.17, 15) is 43.2 Å². The first-order valence-electron chi connectivity index (χ1n) is 41.0. The van der Waals surface area contributed by atoms with Crippen LogP contribution in [-0.2, 0) is 65.4 Å². The Labute approximate surface area is 600 Å². The molecule has 0 aliphatic carbocycles. The van der Waals surface area contributed by atoms with Gasteiger partial charge in [-0.1, -0.05) is 363 Å². The number of ether oxygens (including phenoxy) is 4. The zero-order valence-corrected chi connectivity index (χ0v) is 65.9. The van der Waals surface area contributed by atoms with Gasteiger partial charge in [0.25, 0.3) is 0 Å². The monoisotopic (exact) mass is 1440 g/mol. The van der Waals surface area contributed by atoms with E-state index >= 15 is 0 Å². The third kappa shape index (κ3) is 72.4. The lowest BCUT2D eigenvalue weighted by atomic mass is 10.0. The van der Waals surface area contributed by atoms with Crippen molar-refractivity contribution >= 4 is 39.5 Å². The number of phosphoric ester groups is 2. The van der Waals surface area contributed by atoms with Gasteiger partial charge in [0.15, 0.2) is 12.2 Å². The number of carbonyl (C=O) groups is 4. The summed E-state index contributed by atoms with van der Waals surface area (Å²) >= 11 is 0. The highest BCUT2D eigenvalue weighted by atomic mass is 31.2. The Kier molecular flexibility index (Phi) is 69.3. The van der Waals surface area contributed by atoms with Crippen molar-refractivity contribution in [2.75, 3.05) is 39.6 Å². The molecule has 0 amide bonds. The van der Waals surface area contributed by atoms with Crippen molar-refractivity contribution in [1.29, 1.82) is 0 Å². The summed E-state index contributed by atoms with van der Waals surface area (Å²) in [6.07, 6.45) is 59.8. The molecule has 0 aliphatic heterocycles. The molecule has 0 spiro atoms. The van der Waals surface area contributed by atoms with E-state index in [2.05, 4.69) is 41.5 Å². The normalized spacial score (nSPS) is 13.9. The molecule has 17 nitrogen and oxygen atoms in total. The van der Waals surface area contributed by atoms with Crippen molar-refractivity contribution in [2.24, 2.45) is 11.8 Å². The molecule has 5 atom stereocenters. The molecule has 0 bridgehead atoms. The number of carbonyl (C=O) groups excluding carboxylic acids is 4. The highest BCUT2D eigenvalue weighted by Gasteiger charge is 2.30. The van der Waals surface area contributed by atoms with Crippen LogP contribution in [0, 0.1) is 11.8 Å². The maximum Gasteiger partial charge on any atom is 0.472 e. The summed E-state index contributed by atoms with van der Waals surface area (Å²) in [4.78, 5) is 72.9. The lowest BCUT2D eigenvalue weighted by Crippen LogP contribution is -2.30. The minimum Gasteiger partial charge on any atom is -0.462 e. The second-order valence-electron chi connectivity index (χ2n) is 29.4. The Balaban J connectivity index is 5.20. The van der Waals surface area contributed by atoms with E-state index in [0.717, 1.165) is 102 Å². The van der Waals surface area contributed by atoms with Gasteiger partial charge >= 0.3 is 39.5 Å². The zero-order chi connectivity index (χ0) is 72.1. The summed E-state index contributed by atoms with van der Waals surface area (Å²) in [6, 6.07) is 0. The average molecular weight is 1440 g/mol. The predicted octanol–water partition coefficient (Wildman–Crippen LogP) is 23.5. The van der Waals surface area contributed by atoms with Gasteiger partial charge in [0.05, 0.1) is 26.4 Å². The molecule has 0 radical (unpaired) electrons. The predicted molar refractivity (Wildman–Crippen MR) is 400 cm³/mol. The standard InChI is InChI=1S/C79H154O17P2/c1-7-9-11-13-15-17-19-21-26-31-34-38-42-49-55-61-76(81)89-67-74(95-78(83)64-58-52-44-40-36-32-28-25-23-22-24-27-30-33-37-41-47-53-59-71(3)4)69-93-97(85,86)91-65-73(80)66-92-98(87,88)94-70-75(68-90-77(82)62-56-50-46-45-48-54-60-72(5)6)96-79(84)63-57-51-43-39-35-29-20-18-16-14-12-10-8-2/h71-75,80H,7-70H2,1-6H3,(H,85,86)(H,87,88)/t73-,74-,75-/m1/s1. The molecule has 0 aromatic carbocycles. The van der Waals surface area contributed by atoms with Crippen LogP contribution in [0.1, 0.15) is 414 Å². The van der Waals surface area contributed by atoms with E-state index in [1.807, 2.05) is 0 Å². The van der Waals surface area contributed by atoms with E-state index in [4.69, 9.17) is 37.0 Å². The molecule has 2 unspecified atom stereocenters. The largest absolute Gasteiger partial charge is 0.472 e. The summed E-state index contributed by atoms with van der Waals surface area (Å²) in [5.41, 5.74) is 0. The molecule has 0 rings (SSSR count). The fraction of sp³-hybridized carbons (Fsp3) is 0.949. The molecule has 0 aromatic heterocycles. The minimum atomic E-state index is -4.96. The second-order valence-corrected chi connectivity index (χ2v) is 32.3. The van der Waals surface area contributed by atoms with Gasteiger partial charge in [0.2, 0.25) is 0 Å². The van der Waals surface area contributed by atoms with Crippen LogP contribution in [-0.4, -0.2) is 96.7 Å². The molecule has 0 aromatic rings. The van der Waals surface area contributed by atoms with Crippen LogP contribution in [0.3, 0.4) is 0 Å². The fourth-order valence-electron chi connectivity index (χ4n) is 12.2. The van der Waals surface area contributed by atoms with Gasteiger partial charge in [-0.15, -0.1) is 0 Å². The Bertz CT molecular complexity index is 1890. The van der Waals surface area contributed by atoms with Gasteiger partial charge in [0.1, 0.15) is 19.3 Å². The van der Waals surface area contributed by atoms with Gasteiger partial charge in [0, 0.05) is 25.7 Å².